The van der Waals surface area contributed by atoms with Crippen molar-refractivity contribution < 1.29 is 19.1 Å². The molecular weight excluding hydrogens is 273 g/mol. The minimum absolute atomic E-state index is 0.0407. The summed E-state index contributed by atoms with van der Waals surface area (Å²) in [5.74, 6) is -2.69. The summed E-state index contributed by atoms with van der Waals surface area (Å²) in [6.07, 6.45) is 0.0995. The number of carboxylic acids is 1. The third-order valence-electron chi connectivity index (χ3n) is 3.11. The Kier molecular flexibility index (Phi) is 4.33. The van der Waals surface area contributed by atoms with Crippen molar-refractivity contribution >= 4 is 17.6 Å². The van der Waals surface area contributed by atoms with Crippen molar-refractivity contribution in [1.29, 1.82) is 0 Å². The summed E-state index contributed by atoms with van der Waals surface area (Å²) >= 11 is 0. The molecule has 0 spiro atoms. The number of amides is 1. The lowest BCUT2D eigenvalue weighted by Gasteiger charge is -2.10. The average Bonchev–Trinajstić information content (AvgIpc) is 2.41. The molecule has 0 radical (unpaired) electrons. The molecule has 0 aromatic heterocycles. The summed E-state index contributed by atoms with van der Waals surface area (Å²) in [7, 11) is 0. The fraction of sp³-hybridized carbons (Fsp3) is 0.125. The molecule has 1 amide bonds. The number of rotatable bonds is 4. The van der Waals surface area contributed by atoms with E-state index >= 15 is 0 Å². The van der Waals surface area contributed by atoms with E-state index in [-0.39, 0.29) is 12.1 Å². The highest BCUT2D eigenvalue weighted by Crippen LogP contribution is 2.19. The van der Waals surface area contributed by atoms with Gasteiger partial charge in [-0.1, -0.05) is 30.3 Å². The lowest BCUT2D eigenvalue weighted by molar-refractivity contribution is -0.115. The van der Waals surface area contributed by atoms with E-state index in [1.165, 1.54) is 12.1 Å². The Morgan fingerprint density at radius 3 is 2.52 bits per heavy atom. The number of carbonyl (C=O) groups is 2. The fourth-order valence-corrected chi connectivity index (χ4v) is 2.02. The SMILES string of the molecule is Cc1ccccc1CC(=O)Nc1cccc(F)c1C(=O)O. The van der Waals surface area contributed by atoms with E-state index in [9.17, 15) is 14.0 Å². The number of halogens is 1. The normalized spacial score (nSPS) is 10.2. The summed E-state index contributed by atoms with van der Waals surface area (Å²) in [6, 6.07) is 11.1. The molecule has 2 aromatic rings. The Labute approximate surface area is 121 Å². The first-order chi connectivity index (χ1) is 9.99. The molecule has 2 rings (SSSR count). The highest BCUT2D eigenvalue weighted by molar-refractivity contribution is 6.01. The second-order valence-electron chi connectivity index (χ2n) is 4.62. The summed E-state index contributed by atoms with van der Waals surface area (Å²) in [5, 5.41) is 11.5. The average molecular weight is 287 g/mol. The minimum atomic E-state index is -1.42. The smallest absolute Gasteiger partial charge is 0.340 e. The van der Waals surface area contributed by atoms with Crippen LogP contribution in [0.5, 0.6) is 0 Å². The number of benzene rings is 2. The van der Waals surface area contributed by atoms with Crippen molar-refractivity contribution in [1.82, 2.24) is 0 Å². The van der Waals surface area contributed by atoms with Gasteiger partial charge in [0, 0.05) is 0 Å². The van der Waals surface area contributed by atoms with Gasteiger partial charge in [-0.25, -0.2) is 9.18 Å². The molecule has 108 valence electrons. The van der Waals surface area contributed by atoms with Gasteiger partial charge in [-0.15, -0.1) is 0 Å². The molecule has 0 unspecified atom stereocenters. The first-order valence-corrected chi connectivity index (χ1v) is 6.35. The maximum atomic E-state index is 13.5. The van der Waals surface area contributed by atoms with E-state index < -0.39 is 23.3 Å². The van der Waals surface area contributed by atoms with E-state index in [0.29, 0.717) is 0 Å². The zero-order chi connectivity index (χ0) is 15.4. The van der Waals surface area contributed by atoms with Gasteiger partial charge in [-0.3, -0.25) is 4.79 Å². The molecule has 0 atom stereocenters. The van der Waals surface area contributed by atoms with Crippen LogP contribution in [0.1, 0.15) is 21.5 Å². The molecule has 0 aliphatic rings. The number of anilines is 1. The van der Waals surface area contributed by atoms with Gasteiger partial charge in [0.2, 0.25) is 5.91 Å². The van der Waals surface area contributed by atoms with Crippen LogP contribution >= 0.6 is 0 Å². The van der Waals surface area contributed by atoms with E-state index in [0.717, 1.165) is 17.2 Å². The molecule has 21 heavy (non-hydrogen) atoms. The van der Waals surface area contributed by atoms with Crippen molar-refractivity contribution in [3.8, 4) is 0 Å². The number of carboxylic acid groups (broad SMARTS) is 1. The predicted molar refractivity (Wildman–Crippen MR) is 76.9 cm³/mol. The van der Waals surface area contributed by atoms with Gasteiger partial charge in [0.25, 0.3) is 0 Å². The van der Waals surface area contributed by atoms with Gasteiger partial charge in [-0.2, -0.15) is 0 Å². The van der Waals surface area contributed by atoms with Crippen LogP contribution in [0.25, 0.3) is 0 Å². The molecular formula is C16H14FNO3. The number of hydrogen-bond donors (Lipinski definition) is 2. The van der Waals surface area contributed by atoms with Crippen molar-refractivity contribution in [3.05, 3.63) is 65.0 Å². The minimum Gasteiger partial charge on any atom is -0.478 e. The molecule has 5 heteroatoms. The lowest BCUT2D eigenvalue weighted by Crippen LogP contribution is -2.18. The monoisotopic (exact) mass is 287 g/mol. The molecule has 0 saturated carbocycles. The Bertz CT molecular complexity index is 698. The van der Waals surface area contributed by atoms with Crippen LogP contribution in [0.3, 0.4) is 0 Å². The predicted octanol–water partition coefficient (Wildman–Crippen LogP) is 3.01. The molecule has 2 N–H and O–H groups in total. The fourth-order valence-electron chi connectivity index (χ4n) is 2.02. The van der Waals surface area contributed by atoms with Crippen molar-refractivity contribution in [2.45, 2.75) is 13.3 Å². The third-order valence-corrected chi connectivity index (χ3v) is 3.11. The molecule has 0 aliphatic heterocycles. The highest BCUT2D eigenvalue weighted by atomic mass is 19.1. The molecule has 0 heterocycles. The first kappa shape index (κ1) is 14.7. The maximum absolute atomic E-state index is 13.5. The lowest BCUT2D eigenvalue weighted by atomic mass is 10.1. The van der Waals surface area contributed by atoms with Gasteiger partial charge < -0.3 is 10.4 Å². The number of nitrogens with one attached hydrogen (secondary N) is 1. The van der Waals surface area contributed by atoms with Crippen LogP contribution in [0.2, 0.25) is 0 Å². The standard InChI is InChI=1S/C16H14FNO3/c1-10-5-2-3-6-11(10)9-14(19)18-13-8-4-7-12(17)15(13)16(20)21/h2-8H,9H2,1H3,(H,18,19)(H,20,21). The maximum Gasteiger partial charge on any atom is 0.340 e. The topological polar surface area (TPSA) is 66.4 Å². The molecule has 0 aliphatic carbocycles. The van der Waals surface area contributed by atoms with E-state index in [1.807, 2.05) is 31.2 Å². The second-order valence-corrected chi connectivity index (χ2v) is 4.62. The second kappa shape index (κ2) is 6.17. The molecule has 4 nitrogen and oxygen atoms in total. The van der Waals surface area contributed by atoms with Crippen LogP contribution in [-0.4, -0.2) is 17.0 Å². The van der Waals surface area contributed by atoms with Crippen molar-refractivity contribution in [3.63, 3.8) is 0 Å². The van der Waals surface area contributed by atoms with Crippen LogP contribution in [0, 0.1) is 12.7 Å². The van der Waals surface area contributed by atoms with E-state index in [1.54, 1.807) is 0 Å². The Morgan fingerprint density at radius 2 is 1.86 bits per heavy atom. The summed E-state index contributed by atoms with van der Waals surface area (Å²) in [6.45, 7) is 1.88. The van der Waals surface area contributed by atoms with Crippen molar-refractivity contribution in [2.75, 3.05) is 5.32 Å². The third kappa shape index (κ3) is 3.45. The zero-order valence-electron chi connectivity index (χ0n) is 11.4. The molecule has 0 saturated heterocycles. The number of carbonyl (C=O) groups excluding carboxylic acids is 1. The van der Waals surface area contributed by atoms with Crippen LogP contribution in [0.4, 0.5) is 10.1 Å². The highest BCUT2D eigenvalue weighted by Gasteiger charge is 2.17. The van der Waals surface area contributed by atoms with Crippen LogP contribution in [-0.2, 0) is 11.2 Å². The quantitative estimate of drug-likeness (QED) is 0.908. The largest absolute Gasteiger partial charge is 0.478 e. The summed E-state index contributed by atoms with van der Waals surface area (Å²) in [4.78, 5) is 23.0. The van der Waals surface area contributed by atoms with Gasteiger partial charge in [-0.05, 0) is 30.2 Å². The Hall–Kier alpha value is -2.69. The number of aryl methyl sites for hydroxylation is 1. The summed E-state index contributed by atoms with van der Waals surface area (Å²) in [5.41, 5.74) is 1.23. The van der Waals surface area contributed by atoms with E-state index in [2.05, 4.69) is 5.32 Å². The van der Waals surface area contributed by atoms with Crippen LogP contribution in [0.15, 0.2) is 42.5 Å². The zero-order valence-corrected chi connectivity index (χ0v) is 11.4. The van der Waals surface area contributed by atoms with Gasteiger partial charge in [0.15, 0.2) is 0 Å². The first-order valence-electron chi connectivity index (χ1n) is 6.35. The number of aromatic carboxylic acids is 1. The number of hydrogen-bond acceptors (Lipinski definition) is 2. The molecule has 0 fully saturated rings. The van der Waals surface area contributed by atoms with Gasteiger partial charge in [0.1, 0.15) is 11.4 Å². The molecule has 0 bridgehead atoms. The van der Waals surface area contributed by atoms with E-state index in [4.69, 9.17) is 5.11 Å². The van der Waals surface area contributed by atoms with Crippen molar-refractivity contribution in [2.24, 2.45) is 0 Å². The van der Waals surface area contributed by atoms with Gasteiger partial charge >= 0.3 is 5.97 Å². The van der Waals surface area contributed by atoms with Crippen LogP contribution < -0.4 is 5.32 Å². The molecule has 2 aromatic carbocycles. The Balaban J connectivity index is 2.19. The van der Waals surface area contributed by atoms with Gasteiger partial charge in [0.05, 0.1) is 12.1 Å². The summed E-state index contributed by atoms with van der Waals surface area (Å²) < 4.78 is 13.5. The Morgan fingerprint density at radius 1 is 1.14 bits per heavy atom.